The van der Waals surface area contributed by atoms with Crippen LogP contribution in [0.3, 0.4) is 0 Å². The van der Waals surface area contributed by atoms with E-state index in [1.807, 2.05) is 17.6 Å². The molecule has 3 aromatic heterocycles. The molecule has 3 aromatic rings. The number of fused-ring (bicyclic) bond motifs is 1. The Morgan fingerprint density at radius 1 is 1.08 bits per heavy atom. The van der Waals surface area contributed by atoms with Gasteiger partial charge in [-0.2, -0.15) is 9.61 Å². The van der Waals surface area contributed by atoms with Gasteiger partial charge in [-0.05, 0) is 57.8 Å². The van der Waals surface area contributed by atoms with Crippen LogP contribution >= 0.6 is 0 Å². The third-order valence-corrected chi connectivity index (χ3v) is 5.50. The van der Waals surface area contributed by atoms with Crippen molar-refractivity contribution >= 4 is 5.65 Å². The van der Waals surface area contributed by atoms with Crippen molar-refractivity contribution in [2.24, 2.45) is 0 Å². The molecule has 1 saturated heterocycles. The lowest BCUT2D eigenvalue weighted by Gasteiger charge is -2.30. The first kappa shape index (κ1) is 15.0. The summed E-state index contributed by atoms with van der Waals surface area (Å²) in [7, 11) is 0. The zero-order valence-corrected chi connectivity index (χ0v) is 14.4. The summed E-state index contributed by atoms with van der Waals surface area (Å²) in [5, 5.41) is 17.5. The number of aromatic nitrogens is 5. The summed E-state index contributed by atoms with van der Waals surface area (Å²) in [6.07, 6.45) is 6.52. The Labute approximate surface area is 146 Å². The van der Waals surface area contributed by atoms with Gasteiger partial charge in [-0.3, -0.25) is 4.90 Å². The van der Waals surface area contributed by atoms with Gasteiger partial charge in [-0.15, -0.1) is 10.2 Å². The van der Waals surface area contributed by atoms with Gasteiger partial charge in [-0.25, -0.2) is 0 Å². The summed E-state index contributed by atoms with van der Waals surface area (Å²) in [4.78, 5) is 2.46. The number of hydrogen-bond acceptors (Lipinski definition) is 6. The molecule has 2 aliphatic rings. The highest BCUT2D eigenvalue weighted by molar-refractivity contribution is 5.38. The minimum absolute atomic E-state index is 0.428. The van der Waals surface area contributed by atoms with Gasteiger partial charge in [0.2, 0.25) is 0 Å². The van der Waals surface area contributed by atoms with Gasteiger partial charge in [0.15, 0.2) is 11.5 Å². The van der Waals surface area contributed by atoms with E-state index in [0.29, 0.717) is 11.8 Å². The van der Waals surface area contributed by atoms with Crippen LogP contribution in [0.25, 0.3) is 5.65 Å². The number of rotatable bonds is 4. The molecule has 4 heterocycles. The van der Waals surface area contributed by atoms with Crippen molar-refractivity contribution in [3.05, 3.63) is 41.2 Å². The highest BCUT2D eigenvalue weighted by atomic mass is 16.5. The maximum absolute atomic E-state index is 5.16. The summed E-state index contributed by atoms with van der Waals surface area (Å²) >= 11 is 0. The fourth-order valence-electron chi connectivity index (χ4n) is 3.73. The highest BCUT2D eigenvalue weighted by Gasteiger charge is 2.28. The lowest BCUT2D eigenvalue weighted by Crippen LogP contribution is -2.33. The Kier molecular flexibility index (Phi) is 3.55. The minimum atomic E-state index is 0.428. The van der Waals surface area contributed by atoms with Crippen LogP contribution < -0.4 is 0 Å². The van der Waals surface area contributed by atoms with Crippen LogP contribution in [0.5, 0.6) is 0 Å². The molecule has 1 aliphatic carbocycles. The minimum Gasteiger partial charge on any atom is -0.361 e. The van der Waals surface area contributed by atoms with E-state index >= 15 is 0 Å². The van der Waals surface area contributed by atoms with Gasteiger partial charge < -0.3 is 4.52 Å². The number of aryl methyl sites for hydroxylation is 1. The van der Waals surface area contributed by atoms with E-state index in [1.54, 1.807) is 0 Å². The molecule has 0 atom stereocenters. The van der Waals surface area contributed by atoms with Crippen LogP contribution in [-0.4, -0.2) is 43.0 Å². The van der Waals surface area contributed by atoms with Gasteiger partial charge in [0.1, 0.15) is 5.76 Å². The Morgan fingerprint density at radius 3 is 2.64 bits per heavy atom. The van der Waals surface area contributed by atoms with Gasteiger partial charge in [0, 0.05) is 23.9 Å². The second kappa shape index (κ2) is 5.91. The molecule has 0 spiro atoms. The standard InChI is InChI=1S/C18H22N6O/c1-12-15(10-19-25-12)11-23-8-6-14(7-9-23)18-21-20-17-5-4-16(13-2-3-13)22-24(17)18/h4-5,10,13-14H,2-3,6-9,11H2,1H3. The van der Waals surface area contributed by atoms with E-state index in [4.69, 9.17) is 9.62 Å². The quantitative estimate of drug-likeness (QED) is 0.728. The Hall–Kier alpha value is -2.28. The van der Waals surface area contributed by atoms with Crippen molar-refractivity contribution in [1.29, 1.82) is 0 Å². The van der Waals surface area contributed by atoms with Crippen LogP contribution in [0.1, 0.15) is 60.4 Å². The normalized spacial score (nSPS) is 19.7. The van der Waals surface area contributed by atoms with Crippen LogP contribution in [0.2, 0.25) is 0 Å². The average molecular weight is 338 g/mol. The third kappa shape index (κ3) is 2.82. The zero-order chi connectivity index (χ0) is 16.8. The molecule has 7 nitrogen and oxygen atoms in total. The summed E-state index contributed by atoms with van der Waals surface area (Å²) < 4.78 is 7.15. The lowest BCUT2D eigenvalue weighted by atomic mass is 9.96. The maximum atomic E-state index is 5.16. The van der Waals surface area contributed by atoms with Crippen LogP contribution in [0, 0.1) is 6.92 Å². The molecule has 0 bridgehead atoms. The zero-order valence-electron chi connectivity index (χ0n) is 14.4. The van der Waals surface area contributed by atoms with Gasteiger partial charge in [0.25, 0.3) is 0 Å². The summed E-state index contributed by atoms with van der Waals surface area (Å²) in [6, 6.07) is 4.16. The number of hydrogen-bond donors (Lipinski definition) is 0. The average Bonchev–Trinajstić information content (AvgIpc) is 3.29. The molecule has 0 aromatic carbocycles. The van der Waals surface area contributed by atoms with E-state index in [2.05, 4.69) is 32.4 Å². The van der Waals surface area contributed by atoms with Gasteiger partial charge in [0.05, 0.1) is 11.9 Å². The second-order valence-corrected chi connectivity index (χ2v) is 7.32. The van der Waals surface area contributed by atoms with E-state index in [-0.39, 0.29) is 0 Å². The Balaban J connectivity index is 1.31. The molecular weight excluding hydrogens is 316 g/mol. The molecule has 5 rings (SSSR count). The van der Waals surface area contributed by atoms with Gasteiger partial charge >= 0.3 is 0 Å². The molecule has 25 heavy (non-hydrogen) atoms. The van der Waals surface area contributed by atoms with Crippen LogP contribution in [0.15, 0.2) is 22.9 Å². The molecule has 2 fully saturated rings. The van der Waals surface area contributed by atoms with Crippen molar-refractivity contribution < 1.29 is 4.52 Å². The van der Waals surface area contributed by atoms with Crippen molar-refractivity contribution in [1.82, 2.24) is 29.9 Å². The largest absolute Gasteiger partial charge is 0.361 e. The molecule has 0 radical (unpaired) electrons. The predicted octanol–water partition coefficient (Wildman–Crippen LogP) is 2.68. The SMILES string of the molecule is Cc1oncc1CN1CCC(c2nnc3ccc(C4CC4)nn23)CC1. The fraction of sp³-hybridized carbons (Fsp3) is 0.556. The molecule has 1 saturated carbocycles. The first-order chi connectivity index (χ1) is 12.3. The topological polar surface area (TPSA) is 72.3 Å². The third-order valence-electron chi connectivity index (χ3n) is 5.50. The maximum Gasteiger partial charge on any atom is 0.177 e. The molecule has 7 heteroatoms. The van der Waals surface area contributed by atoms with E-state index < -0.39 is 0 Å². The summed E-state index contributed by atoms with van der Waals surface area (Å²) in [5.41, 5.74) is 3.23. The van der Waals surface area contributed by atoms with Crippen molar-refractivity contribution in [2.75, 3.05) is 13.1 Å². The molecule has 0 unspecified atom stereocenters. The van der Waals surface area contributed by atoms with E-state index in [0.717, 1.165) is 49.7 Å². The van der Waals surface area contributed by atoms with Crippen LogP contribution in [0.4, 0.5) is 0 Å². The lowest BCUT2D eigenvalue weighted by molar-refractivity contribution is 0.200. The highest BCUT2D eigenvalue weighted by Crippen LogP contribution is 2.39. The Morgan fingerprint density at radius 2 is 1.92 bits per heavy atom. The molecule has 0 N–H and O–H groups in total. The van der Waals surface area contributed by atoms with E-state index in [1.165, 1.54) is 24.1 Å². The molecule has 130 valence electrons. The number of likely N-dealkylation sites (tertiary alicyclic amines) is 1. The molecule has 0 amide bonds. The predicted molar refractivity (Wildman–Crippen MR) is 91.2 cm³/mol. The van der Waals surface area contributed by atoms with E-state index in [9.17, 15) is 0 Å². The van der Waals surface area contributed by atoms with Crippen LogP contribution in [-0.2, 0) is 6.54 Å². The van der Waals surface area contributed by atoms with Gasteiger partial charge in [-0.1, -0.05) is 5.16 Å². The Bertz CT molecular complexity index is 888. The summed E-state index contributed by atoms with van der Waals surface area (Å²) in [6.45, 7) is 4.98. The fourth-order valence-corrected chi connectivity index (χ4v) is 3.73. The first-order valence-corrected chi connectivity index (χ1v) is 9.12. The van der Waals surface area contributed by atoms with Crippen molar-refractivity contribution in [3.8, 4) is 0 Å². The number of piperidine rings is 1. The van der Waals surface area contributed by atoms with Crippen molar-refractivity contribution in [3.63, 3.8) is 0 Å². The molecule has 1 aliphatic heterocycles. The van der Waals surface area contributed by atoms with Crippen molar-refractivity contribution in [2.45, 2.75) is 51.0 Å². The summed E-state index contributed by atoms with van der Waals surface area (Å²) in [5.74, 6) is 3.02. The first-order valence-electron chi connectivity index (χ1n) is 9.12. The number of nitrogens with zero attached hydrogens (tertiary/aromatic N) is 6. The smallest absolute Gasteiger partial charge is 0.177 e. The monoisotopic (exact) mass is 338 g/mol. The molecular formula is C18H22N6O. The second-order valence-electron chi connectivity index (χ2n) is 7.32.